The molecule has 1 rings (SSSR count). The third-order valence-electron chi connectivity index (χ3n) is 3.32. The summed E-state index contributed by atoms with van der Waals surface area (Å²) >= 11 is 0. The fourth-order valence-electron chi connectivity index (χ4n) is 2.17. The lowest BCUT2D eigenvalue weighted by Gasteiger charge is -2.23. The number of aryl methyl sites for hydroxylation is 1. The Morgan fingerprint density at radius 2 is 1.87 bits per heavy atom. The van der Waals surface area contributed by atoms with E-state index in [0.29, 0.717) is 6.42 Å². The molecule has 0 saturated heterocycles. The Morgan fingerprint density at radius 1 is 1.22 bits per heavy atom. The largest absolute Gasteiger partial charge is 0.443 e. The molecule has 0 radical (unpaired) electrons. The highest BCUT2D eigenvalue weighted by atomic mass is 16.6. The zero-order chi connectivity index (χ0) is 17.5. The first kappa shape index (κ1) is 19.2. The van der Waals surface area contributed by atoms with Crippen LogP contribution in [0.2, 0.25) is 0 Å². The van der Waals surface area contributed by atoms with Gasteiger partial charge in [-0.15, -0.1) is 0 Å². The Kier molecular flexibility index (Phi) is 7.23. The molecular weight excluding hydrogens is 292 g/mol. The lowest BCUT2D eigenvalue weighted by Crippen LogP contribution is -2.45. The molecular formula is C18H28N2O3. The van der Waals surface area contributed by atoms with E-state index in [9.17, 15) is 9.59 Å². The first-order valence-corrected chi connectivity index (χ1v) is 8.07. The molecule has 0 spiro atoms. The normalized spacial score (nSPS) is 12.6. The SMILES string of the molecule is CCCCC(=O)[C@H](NNC(=O)OC(C)(C)C)c1ccccc1C. The van der Waals surface area contributed by atoms with Gasteiger partial charge in [-0.2, -0.15) is 0 Å². The van der Waals surface area contributed by atoms with Crippen LogP contribution in [0, 0.1) is 6.92 Å². The molecule has 0 fully saturated rings. The molecule has 1 aromatic rings. The van der Waals surface area contributed by atoms with Crippen LogP contribution in [0.1, 0.15) is 64.1 Å². The van der Waals surface area contributed by atoms with Crippen LogP contribution in [0.25, 0.3) is 0 Å². The van der Waals surface area contributed by atoms with E-state index < -0.39 is 17.7 Å². The van der Waals surface area contributed by atoms with Gasteiger partial charge >= 0.3 is 6.09 Å². The van der Waals surface area contributed by atoms with Crippen LogP contribution >= 0.6 is 0 Å². The second-order valence-corrected chi connectivity index (χ2v) is 6.63. The summed E-state index contributed by atoms with van der Waals surface area (Å²) in [6.45, 7) is 9.36. The Morgan fingerprint density at radius 3 is 2.43 bits per heavy atom. The highest BCUT2D eigenvalue weighted by Crippen LogP contribution is 2.20. The summed E-state index contributed by atoms with van der Waals surface area (Å²) in [5.41, 5.74) is 6.60. The summed E-state index contributed by atoms with van der Waals surface area (Å²) in [6.07, 6.45) is 1.65. The number of benzene rings is 1. The lowest BCUT2D eigenvalue weighted by atomic mass is 9.96. The molecule has 1 amide bonds. The number of hydrogen-bond donors (Lipinski definition) is 2. The van der Waals surface area contributed by atoms with Crippen molar-refractivity contribution in [1.82, 2.24) is 10.9 Å². The predicted molar refractivity (Wildman–Crippen MR) is 91.0 cm³/mol. The van der Waals surface area contributed by atoms with Gasteiger partial charge in [0.15, 0.2) is 5.78 Å². The summed E-state index contributed by atoms with van der Waals surface area (Å²) < 4.78 is 5.19. The topological polar surface area (TPSA) is 67.4 Å². The Balaban J connectivity index is 2.82. The van der Waals surface area contributed by atoms with Crippen LogP contribution in [0.3, 0.4) is 0 Å². The Bertz CT molecular complexity index is 535. The van der Waals surface area contributed by atoms with Crippen molar-refractivity contribution in [2.45, 2.75) is 65.5 Å². The molecule has 1 aromatic carbocycles. The van der Waals surface area contributed by atoms with Crippen LogP contribution in [-0.2, 0) is 9.53 Å². The lowest BCUT2D eigenvalue weighted by molar-refractivity contribution is -0.121. The molecule has 5 nitrogen and oxygen atoms in total. The van der Waals surface area contributed by atoms with Crippen LogP contribution < -0.4 is 10.9 Å². The van der Waals surface area contributed by atoms with Gasteiger partial charge in [0.1, 0.15) is 11.6 Å². The van der Waals surface area contributed by atoms with Crippen molar-refractivity contribution in [3.8, 4) is 0 Å². The number of nitrogens with one attached hydrogen (secondary N) is 2. The molecule has 23 heavy (non-hydrogen) atoms. The molecule has 0 aliphatic heterocycles. The van der Waals surface area contributed by atoms with Gasteiger partial charge in [-0.3, -0.25) is 10.2 Å². The second kappa shape index (κ2) is 8.67. The number of Topliss-reactive ketones (excluding diaryl/α,β-unsaturated/α-hetero) is 1. The number of carbonyl (C=O) groups is 2. The first-order chi connectivity index (χ1) is 10.7. The second-order valence-electron chi connectivity index (χ2n) is 6.63. The average molecular weight is 320 g/mol. The van der Waals surface area contributed by atoms with E-state index in [4.69, 9.17) is 4.74 Å². The molecule has 0 heterocycles. The molecule has 0 unspecified atom stereocenters. The maximum absolute atomic E-state index is 12.5. The van der Waals surface area contributed by atoms with Crippen LogP contribution in [-0.4, -0.2) is 17.5 Å². The molecule has 0 aromatic heterocycles. The van der Waals surface area contributed by atoms with E-state index in [1.54, 1.807) is 20.8 Å². The monoisotopic (exact) mass is 320 g/mol. The van der Waals surface area contributed by atoms with Crippen molar-refractivity contribution in [1.29, 1.82) is 0 Å². The van der Waals surface area contributed by atoms with E-state index in [1.165, 1.54) is 0 Å². The third-order valence-corrected chi connectivity index (χ3v) is 3.32. The van der Waals surface area contributed by atoms with E-state index in [1.807, 2.05) is 38.1 Å². The Labute approximate surface area is 138 Å². The van der Waals surface area contributed by atoms with Gasteiger partial charge < -0.3 is 4.74 Å². The number of hydrogen-bond acceptors (Lipinski definition) is 4. The minimum Gasteiger partial charge on any atom is -0.443 e. The number of ether oxygens (including phenoxy) is 1. The van der Waals surface area contributed by atoms with Crippen LogP contribution in [0.5, 0.6) is 0 Å². The van der Waals surface area contributed by atoms with E-state index in [0.717, 1.165) is 24.0 Å². The number of ketones is 1. The van der Waals surface area contributed by atoms with Gasteiger partial charge in [-0.1, -0.05) is 37.6 Å². The standard InChI is InChI=1S/C18H28N2O3/c1-6-7-12-15(21)16(14-11-9-8-10-13(14)2)19-20-17(22)23-18(3,4)5/h8-11,16,19H,6-7,12H2,1-5H3,(H,20,22)/t16-/m1/s1. The fraction of sp³-hybridized carbons (Fsp3) is 0.556. The van der Waals surface area contributed by atoms with Crippen molar-refractivity contribution in [2.24, 2.45) is 0 Å². The Hall–Kier alpha value is -1.88. The van der Waals surface area contributed by atoms with E-state index in [2.05, 4.69) is 10.9 Å². The smallest absolute Gasteiger partial charge is 0.422 e. The molecule has 5 heteroatoms. The predicted octanol–water partition coefficient (Wildman–Crippen LogP) is 3.82. The molecule has 2 N–H and O–H groups in total. The van der Waals surface area contributed by atoms with Crippen molar-refractivity contribution in [3.63, 3.8) is 0 Å². The van der Waals surface area contributed by atoms with E-state index >= 15 is 0 Å². The number of rotatable bonds is 7. The van der Waals surface area contributed by atoms with Gasteiger partial charge in [0, 0.05) is 6.42 Å². The van der Waals surface area contributed by atoms with Crippen molar-refractivity contribution < 1.29 is 14.3 Å². The summed E-state index contributed by atoms with van der Waals surface area (Å²) in [7, 11) is 0. The van der Waals surface area contributed by atoms with Gasteiger partial charge in [0.25, 0.3) is 0 Å². The average Bonchev–Trinajstić information content (AvgIpc) is 2.45. The number of amides is 1. The minimum absolute atomic E-state index is 0.0530. The minimum atomic E-state index is -0.598. The summed E-state index contributed by atoms with van der Waals surface area (Å²) in [5.74, 6) is 0.0530. The van der Waals surface area contributed by atoms with E-state index in [-0.39, 0.29) is 5.78 Å². The molecule has 0 bridgehead atoms. The molecule has 1 atom stereocenters. The van der Waals surface area contributed by atoms with Gasteiger partial charge in [-0.25, -0.2) is 10.2 Å². The zero-order valence-corrected chi connectivity index (χ0v) is 14.7. The third kappa shape index (κ3) is 6.82. The van der Waals surface area contributed by atoms with Crippen molar-refractivity contribution >= 4 is 11.9 Å². The van der Waals surface area contributed by atoms with Crippen molar-refractivity contribution in [3.05, 3.63) is 35.4 Å². The van der Waals surface area contributed by atoms with Gasteiger partial charge in [0.2, 0.25) is 0 Å². The fourth-order valence-corrected chi connectivity index (χ4v) is 2.17. The molecule has 128 valence electrons. The zero-order valence-electron chi connectivity index (χ0n) is 14.7. The molecule has 0 saturated carbocycles. The van der Waals surface area contributed by atoms with Gasteiger partial charge in [-0.05, 0) is 45.2 Å². The highest BCUT2D eigenvalue weighted by molar-refractivity contribution is 5.86. The molecule has 0 aliphatic carbocycles. The van der Waals surface area contributed by atoms with Crippen molar-refractivity contribution in [2.75, 3.05) is 0 Å². The quantitative estimate of drug-likeness (QED) is 0.749. The summed E-state index contributed by atoms with van der Waals surface area (Å²) in [4.78, 5) is 24.3. The van der Waals surface area contributed by atoms with Crippen LogP contribution in [0.15, 0.2) is 24.3 Å². The maximum atomic E-state index is 12.5. The highest BCUT2D eigenvalue weighted by Gasteiger charge is 2.23. The van der Waals surface area contributed by atoms with Crippen LogP contribution in [0.4, 0.5) is 4.79 Å². The first-order valence-electron chi connectivity index (χ1n) is 8.07. The maximum Gasteiger partial charge on any atom is 0.422 e. The summed E-state index contributed by atoms with van der Waals surface area (Å²) in [5, 5.41) is 0. The number of hydrazine groups is 1. The summed E-state index contributed by atoms with van der Waals surface area (Å²) in [6, 6.07) is 7.08. The van der Waals surface area contributed by atoms with Gasteiger partial charge in [0.05, 0.1) is 0 Å². The number of carbonyl (C=O) groups excluding carboxylic acids is 2. The number of unbranched alkanes of at least 4 members (excludes halogenated alkanes) is 1. The molecule has 0 aliphatic rings.